The summed E-state index contributed by atoms with van der Waals surface area (Å²) in [6, 6.07) is 12.5. The Hall–Kier alpha value is -2.74. The Morgan fingerprint density at radius 1 is 0.679 bits per heavy atom. The van der Waals surface area contributed by atoms with Crippen LogP contribution in [0.1, 0.15) is 72.9 Å². The van der Waals surface area contributed by atoms with Gasteiger partial charge in [0.05, 0.1) is 0 Å². The first-order valence-electron chi connectivity index (χ1n) is 9.86. The number of hydrogen-bond acceptors (Lipinski definition) is 2. The Kier molecular flexibility index (Phi) is 5.51. The molecule has 0 bridgehead atoms. The van der Waals surface area contributed by atoms with Crippen molar-refractivity contribution in [1.82, 2.24) is 0 Å². The van der Waals surface area contributed by atoms with Crippen LogP contribution in [0.15, 0.2) is 47.5 Å². The fourth-order valence-corrected chi connectivity index (χ4v) is 4.27. The molecule has 2 aliphatic carbocycles. The van der Waals surface area contributed by atoms with Gasteiger partial charge in [0, 0.05) is 23.0 Å². The van der Waals surface area contributed by atoms with Crippen LogP contribution in [-0.4, -0.2) is 11.6 Å². The number of allylic oxidation sites excluding steroid dienone is 2. The van der Waals surface area contributed by atoms with Gasteiger partial charge in [-0.15, -0.1) is 0 Å². The lowest BCUT2D eigenvalue weighted by Crippen LogP contribution is -2.01. The van der Waals surface area contributed by atoms with Crippen molar-refractivity contribution in [3.8, 4) is 0 Å². The number of carbonyl (C=O) groups is 2. The highest BCUT2D eigenvalue weighted by molar-refractivity contribution is 6.02. The first kappa shape index (κ1) is 20.0. The van der Waals surface area contributed by atoms with Crippen molar-refractivity contribution in [3.05, 3.63) is 80.9 Å². The molecule has 0 saturated heterocycles. The largest absolute Gasteiger partial charge is 0.295 e. The zero-order valence-electron chi connectivity index (χ0n) is 17.6. The number of benzene rings is 2. The minimum Gasteiger partial charge on any atom is -0.295 e. The van der Waals surface area contributed by atoms with Gasteiger partial charge in [-0.3, -0.25) is 9.59 Å². The maximum atomic E-state index is 11.4. The van der Waals surface area contributed by atoms with Crippen molar-refractivity contribution in [2.45, 2.75) is 53.4 Å². The van der Waals surface area contributed by atoms with E-state index in [-0.39, 0.29) is 23.4 Å². The van der Waals surface area contributed by atoms with Gasteiger partial charge in [-0.25, -0.2) is 0 Å². The molecule has 2 nitrogen and oxygen atoms in total. The Balaban J connectivity index is 0.000000161. The number of ketones is 2. The number of Topliss-reactive ketones (excluding diaryl/α,β-unsaturated/α-hetero) is 2. The van der Waals surface area contributed by atoms with E-state index in [0.29, 0.717) is 0 Å². The Morgan fingerprint density at radius 2 is 1.04 bits per heavy atom. The summed E-state index contributed by atoms with van der Waals surface area (Å²) in [4.78, 5) is 22.7. The summed E-state index contributed by atoms with van der Waals surface area (Å²) in [6.07, 6.45) is 4.08. The van der Waals surface area contributed by atoms with Crippen LogP contribution in [0.25, 0.3) is 12.2 Å². The van der Waals surface area contributed by atoms with Crippen molar-refractivity contribution >= 4 is 23.7 Å². The van der Waals surface area contributed by atoms with E-state index in [1.807, 2.05) is 12.2 Å². The second-order valence-electron chi connectivity index (χ2n) is 7.91. The molecule has 2 heteroatoms. The van der Waals surface area contributed by atoms with Gasteiger partial charge in [0.1, 0.15) is 0 Å². The molecule has 2 atom stereocenters. The highest BCUT2D eigenvalue weighted by Crippen LogP contribution is 2.38. The third kappa shape index (κ3) is 3.52. The van der Waals surface area contributed by atoms with Crippen molar-refractivity contribution < 1.29 is 9.59 Å². The van der Waals surface area contributed by atoms with Crippen molar-refractivity contribution in [2.75, 3.05) is 0 Å². The highest BCUT2D eigenvalue weighted by Gasteiger charge is 2.25. The molecule has 144 valence electrons. The second kappa shape index (κ2) is 7.71. The van der Waals surface area contributed by atoms with Gasteiger partial charge < -0.3 is 0 Å². The molecule has 0 saturated carbocycles. The lowest BCUT2D eigenvalue weighted by atomic mass is 9.95. The van der Waals surface area contributed by atoms with Crippen LogP contribution in [0.4, 0.5) is 0 Å². The molecule has 0 heterocycles. The molecule has 0 radical (unpaired) electrons. The van der Waals surface area contributed by atoms with Crippen LogP contribution in [0.5, 0.6) is 0 Å². The van der Waals surface area contributed by atoms with E-state index >= 15 is 0 Å². The average molecular weight is 373 g/mol. The summed E-state index contributed by atoms with van der Waals surface area (Å²) in [5.74, 6) is 0.908. The molecule has 0 N–H and O–H groups in total. The third-order valence-corrected chi connectivity index (χ3v) is 5.99. The Labute approximate surface area is 168 Å². The molecular formula is C26H28O2. The van der Waals surface area contributed by atoms with Crippen LogP contribution >= 0.6 is 0 Å². The number of hydrogen-bond donors (Lipinski definition) is 0. The summed E-state index contributed by atoms with van der Waals surface area (Å²) in [5, 5.41) is 0. The summed E-state index contributed by atoms with van der Waals surface area (Å²) in [6.45, 7) is 11.7. The van der Waals surface area contributed by atoms with E-state index in [2.05, 4.69) is 64.1 Å². The third-order valence-electron chi connectivity index (χ3n) is 5.99. The second-order valence-corrected chi connectivity index (χ2v) is 7.91. The molecule has 0 aromatic heterocycles. The normalized spacial score (nSPS) is 19.1. The van der Waals surface area contributed by atoms with E-state index in [9.17, 15) is 9.59 Å². The van der Waals surface area contributed by atoms with E-state index in [0.717, 1.165) is 11.1 Å². The highest BCUT2D eigenvalue weighted by atomic mass is 16.1. The van der Waals surface area contributed by atoms with Crippen LogP contribution in [0.3, 0.4) is 0 Å². The van der Waals surface area contributed by atoms with Crippen molar-refractivity contribution in [1.29, 1.82) is 0 Å². The van der Waals surface area contributed by atoms with Crippen LogP contribution in [0.2, 0.25) is 0 Å². The van der Waals surface area contributed by atoms with Gasteiger partial charge in [-0.05, 0) is 73.2 Å². The lowest BCUT2D eigenvalue weighted by molar-refractivity contribution is -0.114. The zero-order valence-corrected chi connectivity index (χ0v) is 17.6. The summed E-state index contributed by atoms with van der Waals surface area (Å²) < 4.78 is 0. The monoisotopic (exact) mass is 372 g/mol. The molecule has 2 aromatic carbocycles. The first-order chi connectivity index (χ1) is 13.2. The van der Waals surface area contributed by atoms with Gasteiger partial charge in [-0.1, -0.05) is 50.2 Å². The smallest absolute Gasteiger partial charge is 0.156 e. The first-order valence-corrected chi connectivity index (χ1v) is 9.86. The average Bonchev–Trinajstić information content (AvgIpc) is 3.16. The van der Waals surface area contributed by atoms with Gasteiger partial charge in [-0.2, -0.15) is 0 Å². The molecule has 0 aliphatic heterocycles. The quantitative estimate of drug-likeness (QED) is 0.632. The summed E-state index contributed by atoms with van der Waals surface area (Å²) in [7, 11) is 0. The molecule has 0 spiro atoms. The predicted molar refractivity (Wildman–Crippen MR) is 117 cm³/mol. The van der Waals surface area contributed by atoms with Gasteiger partial charge >= 0.3 is 0 Å². The van der Waals surface area contributed by atoms with Crippen LogP contribution in [-0.2, 0) is 9.59 Å². The molecule has 0 fully saturated rings. The van der Waals surface area contributed by atoms with Crippen molar-refractivity contribution in [3.63, 3.8) is 0 Å². The van der Waals surface area contributed by atoms with E-state index in [1.54, 1.807) is 13.8 Å². The van der Waals surface area contributed by atoms with Gasteiger partial charge in [0.15, 0.2) is 11.6 Å². The maximum absolute atomic E-state index is 11.4. The molecule has 2 aliphatic rings. The topological polar surface area (TPSA) is 34.1 Å². The summed E-state index contributed by atoms with van der Waals surface area (Å²) >= 11 is 0. The Bertz CT molecular complexity index is 937. The van der Waals surface area contributed by atoms with Crippen molar-refractivity contribution in [2.24, 2.45) is 0 Å². The fourth-order valence-electron chi connectivity index (χ4n) is 4.27. The number of fused-ring (bicyclic) bond motifs is 2. The number of aryl methyl sites for hydroxylation is 2. The van der Waals surface area contributed by atoms with Gasteiger partial charge in [0.2, 0.25) is 0 Å². The molecular weight excluding hydrogens is 344 g/mol. The standard InChI is InChI=1S/2C13H14O/c2*1-8-5-4-6-11-9(2)13(10(3)14)7-12(8)11/h2*4-7,9H,1-3H3. The SMILES string of the molecule is CC(=O)C1=Cc2c(C)cccc2C1C.CC(=O)C1=Cc2c(C)cccc2C1C. The van der Waals surface area contributed by atoms with E-state index < -0.39 is 0 Å². The molecule has 28 heavy (non-hydrogen) atoms. The van der Waals surface area contributed by atoms with Gasteiger partial charge in [0.25, 0.3) is 0 Å². The predicted octanol–water partition coefficient (Wildman–Crippen LogP) is 6.17. The minimum atomic E-state index is 0.188. The number of carbonyl (C=O) groups excluding carboxylic acids is 2. The lowest BCUT2D eigenvalue weighted by Gasteiger charge is -2.08. The summed E-state index contributed by atoms with van der Waals surface area (Å²) in [5.41, 5.74) is 9.45. The molecule has 4 rings (SSSR count). The number of rotatable bonds is 2. The Morgan fingerprint density at radius 3 is 1.32 bits per heavy atom. The zero-order chi connectivity index (χ0) is 20.6. The molecule has 0 amide bonds. The fraction of sp³-hybridized carbons (Fsp3) is 0.308. The van der Waals surface area contributed by atoms with Crippen LogP contribution < -0.4 is 0 Å². The molecule has 2 unspecified atom stereocenters. The maximum Gasteiger partial charge on any atom is 0.156 e. The minimum absolute atomic E-state index is 0.188. The van der Waals surface area contributed by atoms with E-state index in [1.165, 1.54) is 33.4 Å². The van der Waals surface area contributed by atoms with Crippen LogP contribution in [0, 0.1) is 13.8 Å². The molecule has 2 aromatic rings. The van der Waals surface area contributed by atoms with E-state index in [4.69, 9.17) is 0 Å².